The molecule has 0 spiro atoms. The fourth-order valence-electron chi connectivity index (χ4n) is 3.89. The molecule has 1 aliphatic rings. The van der Waals surface area contributed by atoms with E-state index >= 15 is 0 Å². The fraction of sp³-hybridized carbons (Fsp3) is 0.250. The third-order valence-corrected chi connectivity index (χ3v) is 7.16. The monoisotopic (exact) mass is 440 g/mol. The van der Waals surface area contributed by atoms with E-state index in [0.29, 0.717) is 11.6 Å². The van der Waals surface area contributed by atoms with E-state index in [1.807, 2.05) is 0 Å². The summed E-state index contributed by atoms with van der Waals surface area (Å²) in [6.45, 7) is 3.14. The van der Waals surface area contributed by atoms with Gasteiger partial charge in [-0.3, -0.25) is 0 Å². The highest BCUT2D eigenvalue weighted by Crippen LogP contribution is 2.36. The lowest BCUT2D eigenvalue weighted by Gasteiger charge is -2.29. The maximum Gasteiger partial charge on any atom is 0.240 e. The van der Waals surface area contributed by atoms with Crippen LogP contribution in [0.1, 0.15) is 18.1 Å². The molecule has 0 aliphatic carbocycles. The maximum atomic E-state index is 12.6. The van der Waals surface area contributed by atoms with Gasteiger partial charge in [-0.05, 0) is 66.3 Å². The molecule has 1 N–H and O–H groups in total. The lowest BCUT2D eigenvalue weighted by atomic mass is 10.0. The van der Waals surface area contributed by atoms with Crippen LogP contribution in [-0.2, 0) is 22.9 Å². The first-order chi connectivity index (χ1) is 14.4. The van der Waals surface area contributed by atoms with Crippen molar-refractivity contribution >= 4 is 33.0 Å². The van der Waals surface area contributed by atoms with Gasteiger partial charge in [-0.2, -0.15) is 0 Å². The Morgan fingerprint density at radius 3 is 2.00 bits per heavy atom. The van der Waals surface area contributed by atoms with Crippen LogP contribution >= 0.6 is 11.6 Å². The topological polar surface area (TPSA) is 49.4 Å². The van der Waals surface area contributed by atoms with E-state index in [1.54, 1.807) is 12.1 Å². The van der Waals surface area contributed by atoms with Gasteiger partial charge in [0.25, 0.3) is 0 Å². The summed E-state index contributed by atoms with van der Waals surface area (Å²) in [6.07, 6.45) is 2.00. The fourth-order valence-corrected chi connectivity index (χ4v) is 5.18. The van der Waals surface area contributed by atoms with Crippen LogP contribution in [-0.4, -0.2) is 21.5 Å². The van der Waals surface area contributed by atoms with Crippen molar-refractivity contribution in [2.75, 3.05) is 18.0 Å². The Balaban J connectivity index is 1.53. The summed E-state index contributed by atoms with van der Waals surface area (Å²) in [5, 5.41) is 0.515. The number of para-hydroxylation sites is 2. The van der Waals surface area contributed by atoms with E-state index in [0.717, 1.165) is 19.4 Å². The molecule has 0 fully saturated rings. The van der Waals surface area contributed by atoms with Crippen LogP contribution in [0, 0.1) is 5.92 Å². The van der Waals surface area contributed by atoms with Crippen molar-refractivity contribution in [3.63, 3.8) is 0 Å². The minimum atomic E-state index is -3.57. The number of anilines is 2. The maximum absolute atomic E-state index is 12.6. The summed E-state index contributed by atoms with van der Waals surface area (Å²) in [7, 11) is -3.57. The molecule has 156 valence electrons. The Bertz CT molecular complexity index is 1080. The van der Waals surface area contributed by atoms with Gasteiger partial charge in [0.05, 0.1) is 4.90 Å². The number of nitrogens with one attached hydrogen (secondary N) is 1. The Morgan fingerprint density at radius 1 is 0.900 bits per heavy atom. The minimum Gasteiger partial charge on any atom is -0.341 e. The van der Waals surface area contributed by atoms with Crippen LogP contribution < -0.4 is 9.62 Å². The molecule has 1 aliphatic heterocycles. The van der Waals surface area contributed by atoms with Gasteiger partial charge < -0.3 is 4.90 Å². The number of sulfonamides is 1. The summed E-state index contributed by atoms with van der Waals surface area (Å²) >= 11 is 5.87. The number of benzene rings is 3. The van der Waals surface area contributed by atoms with Crippen molar-refractivity contribution < 1.29 is 8.42 Å². The minimum absolute atomic E-state index is 0.103. The largest absolute Gasteiger partial charge is 0.341 e. The Hall–Kier alpha value is -2.34. The number of fused-ring (bicyclic) bond motifs is 2. The Morgan fingerprint density at radius 2 is 1.43 bits per heavy atom. The van der Waals surface area contributed by atoms with Gasteiger partial charge in [0.2, 0.25) is 10.0 Å². The number of rotatable bonds is 6. The number of aryl methyl sites for hydroxylation is 2. The predicted octanol–water partition coefficient (Wildman–Crippen LogP) is 5.19. The number of nitrogens with zero attached hydrogens (tertiary/aromatic N) is 1. The smallest absolute Gasteiger partial charge is 0.240 e. The summed E-state index contributed by atoms with van der Waals surface area (Å²) < 4.78 is 28.0. The molecule has 0 aromatic heterocycles. The van der Waals surface area contributed by atoms with Crippen LogP contribution in [0.5, 0.6) is 0 Å². The molecule has 0 amide bonds. The quantitative estimate of drug-likeness (QED) is 0.573. The standard InChI is InChI=1S/C24H25ClN2O2S/c1-18(16-26-30(28,29)22-14-12-21(25)13-15-22)17-27-23-8-4-2-6-19(23)10-11-20-7-3-5-9-24(20)27/h2-9,12-15,18,26H,10-11,16-17H2,1H3. The summed E-state index contributed by atoms with van der Waals surface area (Å²) in [4.78, 5) is 2.56. The molecular weight excluding hydrogens is 416 g/mol. The van der Waals surface area contributed by atoms with E-state index in [-0.39, 0.29) is 10.8 Å². The highest BCUT2D eigenvalue weighted by molar-refractivity contribution is 7.89. The Kier molecular flexibility index (Phi) is 6.14. The van der Waals surface area contributed by atoms with Crippen molar-refractivity contribution in [2.24, 2.45) is 5.92 Å². The van der Waals surface area contributed by atoms with Gasteiger partial charge in [0, 0.05) is 29.5 Å². The molecule has 1 unspecified atom stereocenters. The van der Waals surface area contributed by atoms with Gasteiger partial charge in [-0.15, -0.1) is 0 Å². The predicted molar refractivity (Wildman–Crippen MR) is 123 cm³/mol. The average Bonchev–Trinajstić information content (AvgIpc) is 2.90. The van der Waals surface area contributed by atoms with E-state index in [1.165, 1.54) is 34.6 Å². The molecule has 4 nitrogen and oxygen atoms in total. The van der Waals surface area contributed by atoms with E-state index in [2.05, 4.69) is 65.1 Å². The molecular formula is C24H25ClN2O2S. The number of hydrogen-bond acceptors (Lipinski definition) is 3. The second kappa shape index (κ2) is 8.80. The normalized spacial score (nSPS) is 14.5. The summed E-state index contributed by atoms with van der Waals surface area (Å²) in [6, 6.07) is 23.2. The molecule has 30 heavy (non-hydrogen) atoms. The zero-order valence-electron chi connectivity index (χ0n) is 16.9. The molecule has 1 heterocycles. The van der Waals surface area contributed by atoms with Gasteiger partial charge >= 0.3 is 0 Å². The highest BCUT2D eigenvalue weighted by Gasteiger charge is 2.23. The second-order valence-corrected chi connectivity index (χ2v) is 9.98. The van der Waals surface area contributed by atoms with Crippen molar-refractivity contribution in [3.05, 3.63) is 88.9 Å². The van der Waals surface area contributed by atoms with Gasteiger partial charge in [0.15, 0.2) is 0 Å². The molecule has 0 bridgehead atoms. The number of hydrogen-bond donors (Lipinski definition) is 1. The van der Waals surface area contributed by atoms with Crippen LogP contribution in [0.25, 0.3) is 0 Å². The Labute approximate surface area is 183 Å². The van der Waals surface area contributed by atoms with Crippen molar-refractivity contribution in [1.82, 2.24) is 4.72 Å². The molecule has 1 atom stereocenters. The lowest BCUT2D eigenvalue weighted by molar-refractivity contribution is 0.542. The van der Waals surface area contributed by atoms with E-state index < -0.39 is 10.0 Å². The van der Waals surface area contributed by atoms with Gasteiger partial charge in [-0.1, -0.05) is 54.9 Å². The number of halogens is 1. The molecule has 4 rings (SSSR count). The van der Waals surface area contributed by atoms with Crippen molar-refractivity contribution in [1.29, 1.82) is 0 Å². The van der Waals surface area contributed by atoms with Gasteiger partial charge in [-0.25, -0.2) is 13.1 Å². The first-order valence-corrected chi connectivity index (χ1v) is 12.0. The third kappa shape index (κ3) is 4.53. The average molecular weight is 441 g/mol. The van der Waals surface area contributed by atoms with Crippen LogP contribution in [0.4, 0.5) is 11.4 Å². The first-order valence-electron chi connectivity index (χ1n) is 10.1. The molecule has 0 saturated carbocycles. The summed E-state index contributed by atoms with van der Waals surface area (Å²) in [5.41, 5.74) is 5.05. The molecule has 0 radical (unpaired) electrons. The molecule has 3 aromatic carbocycles. The SMILES string of the molecule is CC(CNS(=O)(=O)c1ccc(Cl)cc1)CN1c2ccccc2CCc2ccccc21. The van der Waals surface area contributed by atoms with Gasteiger partial charge in [0.1, 0.15) is 0 Å². The van der Waals surface area contributed by atoms with E-state index in [9.17, 15) is 8.42 Å². The zero-order chi connectivity index (χ0) is 21.1. The van der Waals surface area contributed by atoms with Crippen molar-refractivity contribution in [3.8, 4) is 0 Å². The van der Waals surface area contributed by atoms with Crippen LogP contribution in [0.15, 0.2) is 77.7 Å². The zero-order valence-corrected chi connectivity index (χ0v) is 18.5. The second-order valence-electron chi connectivity index (χ2n) is 7.78. The lowest BCUT2D eigenvalue weighted by Crippen LogP contribution is -2.34. The third-order valence-electron chi connectivity index (χ3n) is 5.47. The molecule has 3 aromatic rings. The highest BCUT2D eigenvalue weighted by atomic mass is 35.5. The summed E-state index contributed by atoms with van der Waals surface area (Å²) in [5.74, 6) is 0.103. The first kappa shape index (κ1) is 20.9. The van der Waals surface area contributed by atoms with Crippen LogP contribution in [0.3, 0.4) is 0 Å². The molecule has 6 heteroatoms. The van der Waals surface area contributed by atoms with E-state index in [4.69, 9.17) is 11.6 Å². The molecule has 0 saturated heterocycles. The van der Waals surface area contributed by atoms with Crippen LogP contribution in [0.2, 0.25) is 5.02 Å². The van der Waals surface area contributed by atoms with Crippen molar-refractivity contribution in [2.45, 2.75) is 24.7 Å².